The van der Waals surface area contributed by atoms with Crippen LogP contribution in [0.2, 0.25) is 5.02 Å². The second kappa shape index (κ2) is 7.31. The van der Waals surface area contributed by atoms with Crippen LogP contribution in [-0.4, -0.2) is 18.8 Å². The van der Waals surface area contributed by atoms with Gasteiger partial charge in [0.15, 0.2) is 0 Å². The Balaban J connectivity index is 2.09. The van der Waals surface area contributed by atoms with Crippen molar-refractivity contribution in [1.82, 2.24) is 0 Å². The van der Waals surface area contributed by atoms with E-state index >= 15 is 0 Å². The molecule has 1 atom stereocenters. The fourth-order valence-corrected chi connectivity index (χ4v) is 2.23. The number of methoxy groups -OCH3 is 1. The van der Waals surface area contributed by atoms with Crippen LogP contribution < -0.4 is 15.2 Å². The number of nitrogens with two attached hydrogens (primary N) is 1. The largest absolute Gasteiger partial charge is 0.497 e. The van der Waals surface area contributed by atoms with Crippen molar-refractivity contribution in [2.24, 2.45) is 5.73 Å². The first-order valence-corrected chi connectivity index (χ1v) is 6.95. The van der Waals surface area contributed by atoms with Crippen molar-refractivity contribution in [2.75, 3.05) is 13.7 Å². The lowest BCUT2D eigenvalue weighted by atomic mass is 10.1. The topological polar surface area (TPSA) is 64.7 Å². The number of aliphatic hydroxyl groups is 1. The van der Waals surface area contributed by atoms with Gasteiger partial charge in [0, 0.05) is 12.1 Å². The van der Waals surface area contributed by atoms with Crippen molar-refractivity contribution in [1.29, 1.82) is 0 Å². The maximum absolute atomic E-state index is 10.2. The van der Waals surface area contributed by atoms with E-state index in [4.69, 9.17) is 26.8 Å². The average molecular weight is 308 g/mol. The quantitative estimate of drug-likeness (QED) is 0.861. The summed E-state index contributed by atoms with van der Waals surface area (Å²) >= 11 is 6.10. The molecular formula is C16H18ClNO3. The van der Waals surface area contributed by atoms with Crippen LogP contribution in [0.5, 0.6) is 11.5 Å². The van der Waals surface area contributed by atoms with E-state index < -0.39 is 6.10 Å². The molecule has 21 heavy (non-hydrogen) atoms. The van der Waals surface area contributed by atoms with E-state index in [0.29, 0.717) is 23.1 Å². The Morgan fingerprint density at radius 3 is 2.71 bits per heavy atom. The number of aliphatic hydroxyl groups excluding tert-OH is 1. The maximum atomic E-state index is 10.2. The third-order valence-electron chi connectivity index (χ3n) is 3.13. The summed E-state index contributed by atoms with van der Waals surface area (Å²) in [5, 5.41) is 10.7. The Labute approximate surface area is 129 Å². The second-order valence-corrected chi connectivity index (χ2v) is 4.94. The monoisotopic (exact) mass is 307 g/mol. The molecule has 0 radical (unpaired) electrons. The van der Waals surface area contributed by atoms with Crippen LogP contribution in [0.15, 0.2) is 42.5 Å². The zero-order valence-electron chi connectivity index (χ0n) is 11.8. The summed E-state index contributed by atoms with van der Waals surface area (Å²) in [6.45, 7) is 0.412. The minimum absolute atomic E-state index is 0.0872. The number of halogens is 1. The van der Waals surface area contributed by atoms with Gasteiger partial charge >= 0.3 is 0 Å². The Morgan fingerprint density at radius 1 is 1.24 bits per heavy atom. The standard InChI is InChI=1S/C16H18ClNO3/c1-20-13-6-2-4-11(8-13)15(19)10-21-16-12(9-18)5-3-7-14(16)17/h2-8,15,19H,9-10,18H2,1H3. The number of hydrogen-bond donors (Lipinski definition) is 2. The van der Waals surface area contributed by atoms with Gasteiger partial charge in [-0.1, -0.05) is 35.9 Å². The molecule has 2 aromatic carbocycles. The summed E-state index contributed by atoms with van der Waals surface area (Å²) in [4.78, 5) is 0. The summed E-state index contributed by atoms with van der Waals surface area (Å²) in [5.74, 6) is 1.20. The highest BCUT2D eigenvalue weighted by atomic mass is 35.5. The minimum atomic E-state index is -0.776. The van der Waals surface area contributed by atoms with Crippen molar-refractivity contribution < 1.29 is 14.6 Å². The first kappa shape index (κ1) is 15.6. The predicted octanol–water partition coefficient (Wildman–Crippen LogP) is 2.92. The maximum Gasteiger partial charge on any atom is 0.142 e. The summed E-state index contributed by atoms with van der Waals surface area (Å²) in [6.07, 6.45) is -0.776. The van der Waals surface area contributed by atoms with Crippen LogP contribution in [-0.2, 0) is 6.54 Å². The highest BCUT2D eigenvalue weighted by Crippen LogP contribution is 2.29. The molecule has 2 rings (SSSR count). The summed E-state index contributed by atoms with van der Waals surface area (Å²) in [7, 11) is 1.58. The minimum Gasteiger partial charge on any atom is -0.497 e. The zero-order chi connectivity index (χ0) is 15.2. The molecule has 112 valence electrons. The van der Waals surface area contributed by atoms with Crippen LogP contribution in [0, 0.1) is 0 Å². The lowest BCUT2D eigenvalue weighted by Gasteiger charge is -2.16. The SMILES string of the molecule is COc1cccc(C(O)COc2c(Cl)cccc2CN)c1. The van der Waals surface area contributed by atoms with Gasteiger partial charge in [-0.05, 0) is 23.8 Å². The van der Waals surface area contributed by atoms with E-state index in [2.05, 4.69) is 0 Å². The Bertz CT molecular complexity index is 604. The third-order valence-corrected chi connectivity index (χ3v) is 3.43. The predicted molar refractivity (Wildman–Crippen MR) is 82.8 cm³/mol. The molecule has 0 aliphatic rings. The first-order valence-electron chi connectivity index (χ1n) is 6.58. The van der Waals surface area contributed by atoms with E-state index in [1.807, 2.05) is 30.3 Å². The van der Waals surface area contributed by atoms with Crippen molar-refractivity contribution in [2.45, 2.75) is 12.6 Å². The summed E-state index contributed by atoms with van der Waals surface area (Å²) in [6, 6.07) is 12.6. The Morgan fingerprint density at radius 2 is 2.00 bits per heavy atom. The van der Waals surface area contributed by atoms with E-state index in [0.717, 1.165) is 11.1 Å². The molecule has 0 aliphatic heterocycles. The van der Waals surface area contributed by atoms with E-state index in [1.54, 1.807) is 19.2 Å². The molecule has 2 aromatic rings. The number of rotatable bonds is 6. The molecule has 5 heteroatoms. The van der Waals surface area contributed by atoms with Gasteiger partial charge in [-0.3, -0.25) is 0 Å². The Kier molecular flexibility index (Phi) is 5.44. The molecule has 0 aliphatic carbocycles. The molecule has 0 amide bonds. The van der Waals surface area contributed by atoms with E-state index in [9.17, 15) is 5.11 Å². The molecule has 3 N–H and O–H groups in total. The highest BCUT2D eigenvalue weighted by Gasteiger charge is 2.13. The van der Waals surface area contributed by atoms with Gasteiger partial charge in [-0.2, -0.15) is 0 Å². The van der Waals surface area contributed by atoms with Crippen LogP contribution in [0.1, 0.15) is 17.2 Å². The molecule has 1 unspecified atom stereocenters. The lowest BCUT2D eigenvalue weighted by Crippen LogP contribution is -2.12. The van der Waals surface area contributed by atoms with Crippen molar-refractivity contribution in [3.8, 4) is 11.5 Å². The van der Waals surface area contributed by atoms with Gasteiger partial charge < -0.3 is 20.3 Å². The fraction of sp³-hybridized carbons (Fsp3) is 0.250. The zero-order valence-corrected chi connectivity index (χ0v) is 12.5. The average Bonchev–Trinajstić information content (AvgIpc) is 2.53. The van der Waals surface area contributed by atoms with Crippen molar-refractivity contribution in [3.63, 3.8) is 0 Å². The smallest absolute Gasteiger partial charge is 0.142 e. The molecular weight excluding hydrogens is 290 g/mol. The number of ether oxygens (including phenoxy) is 2. The molecule has 0 saturated heterocycles. The lowest BCUT2D eigenvalue weighted by molar-refractivity contribution is 0.107. The van der Waals surface area contributed by atoms with Gasteiger partial charge in [0.25, 0.3) is 0 Å². The van der Waals surface area contributed by atoms with Crippen molar-refractivity contribution in [3.05, 3.63) is 58.6 Å². The van der Waals surface area contributed by atoms with Gasteiger partial charge in [-0.25, -0.2) is 0 Å². The number of hydrogen-bond acceptors (Lipinski definition) is 4. The van der Waals surface area contributed by atoms with E-state index in [1.165, 1.54) is 0 Å². The van der Waals surface area contributed by atoms with Crippen LogP contribution >= 0.6 is 11.6 Å². The molecule has 0 fully saturated rings. The Hall–Kier alpha value is -1.75. The molecule has 4 nitrogen and oxygen atoms in total. The molecule has 0 spiro atoms. The second-order valence-electron chi connectivity index (χ2n) is 4.54. The van der Waals surface area contributed by atoms with Gasteiger partial charge in [0.1, 0.15) is 24.2 Å². The first-order chi connectivity index (χ1) is 10.2. The van der Waals surface area contributed by atoms with Crippen LogP contribution in [0.25, 0.3) is 0 Å². The molecule has 0 aromatic heterocycles. The highest BCUT2D eigenvalue weighted by molar-refractivity contribution is 6.32. The van der Waals surface area contributed by atoms with Crippen LogP contribution in [0.3, 0.4) is 0 Å². The number of benzene rings is 2. The van der Waals surface area contributed by atoms with Crippen molar-refractivity contribution >= 4 is 11.6 Å². The third kappa shape index (κ3) is 3.88. The number of para-hydroxylation sites is 1. The van der Waals surface area contributed by atoms with Gasteiger partial charge in [-0.15, -0.1) is 0 Å². The van der Waals surface area contributed by atoms with E-state index in [-0.39, 0.29) is 6.61 Å². The normalized spacial score (nSPS) is 12.0. The van der Waals surface area contributed by atoms with Crippen LogP contribution in [0.4, 0.5) is 0 Å². The summed E-state index contributed by atoms with van der Waals surface area (Å²) < 4.78 is 10.8. The molecule has 0 heterocycles. The van der Waals surface area contributed by atoms with Gasteiger partial charge in [0.2, 0.25) is 0 Å². The summed E-state index contributed by atoms with van der Waals surface area (Å²) in [5.41, 5.74) is 7.18. The molecule has 0 saturated carbocycles. The molecule has 0 bridgehead atoms. The van der Waals surface area contributed by atoms with Gasteiger partial charge in [0.05, 0.1) is 12.1 Å². The fourth-order valence-electron chi connectivity index (χ4n) is 1.98.